The molecule has 2 nitrogen and oxygen atoms in total. The van der Waals surface area contributed by atoms with Gasteiger partial charge < -0.3 is 9.84 Å². The van der Waals surface area contributed by atoms with Crippen molar-refractivity contribution in [3.05, 3.63) is 23.5 Å². The topological polar surface area (TPSA) is 29.5 Å². The van der Waals surface area contributed by atoms with Crippen LogP contribution in [0.15, 0.2) is 12.1 Å². The highest BCUT2D eigenvalue weighted by atomic mass is 35.5. The van der Waals surface area contributed by atoms with Gasteiger partial charge in [0, 0.05) is 22.9 Å². The summed E-state index contributed by atoms with van der Waals surface area (Å²) in [6.45, 7) is 3.65. The van der Waals surface area contributed by atoms with Crippen molar-refractivity contribution < 1.29 is 14.2 Å². The SMILES string of the molecule is COc1cc(F)cc(C(C)(C)CCl)c1O. The first kappa shape index (κ1) is 12.1. The molecule has 1 aromatic carbocycles. The summed E-state index contributed by atoms with van der Waals surface area (Å²) in [5, 5.41) is 9.83. The molecule has 0 atom stereocenters. The van der Waals surface area contributed by atoms with Gasteiger partial charge in [-0.2, -0.15) is 0 Å². The maximum atomic E-state index is 13.2. The molecule has 15 heavy (non-hydrogen) atoms. The quantitative estimate of drug-likeness (QED) is 0.812. The van der Waals surface area contributed by atoms with E-state index < -0.39 is 11.2 Å². The number of phenols is 1. The zero-order valence-corrected chi connectivity index (χ0v) is 9.73. The zero-order valence-electron chi connectivity index (χ0n) is 8.97. The van der Waals surface area contributed by atoms with E-state index in [1.165, 1.54) is 13.2 Å². The Morgan fingerprint density at radius 3 is 2.53 bits per heavy atom. The molecule has 0 aliphatic carbocycles. The normalized spacial score (nSPS) is 11.5. The number of hydrogen-bond donors (Lipinski definition) is 1. The van der Waals surface area contributed by atoms with Gasteiger partial charge in [0.15, 0.2) is 11.5 Å². The molecule has 0 aromatic heterocycles. The van der Waals surface area contributed by atoms with Crippen molar-refractivity contribution in [2.75, 3.05) is 13.0 Å². The van der Waals surface area contributed by atoms with Gasteiger partial charge in [0.05, 0.1) is 7.11 Å². The van der Waals surface area contributed by atoms with Crippen molar-refractivity contribution in [2.45, 2.75) is 19.3 Å². The molecule has 0 amide bonds. The molecule has 0 radical (unpaired) electrons. The van der Waals surface area contributed by atoms with Crippen molar-refractivity contribution in [3.63, 3.8) is 0 Å². The van der Waals surface area contributed by atoms with Crippen LogP contribution in [0.3, 0.4) is 0 Å². The van der Waals surface area contributed by atoms with Crippen LogP contribution in [0.1, 0.15) is 19.4 Å². The van der Waals surface area contributed by atoms with Gasteiger partial charge >= 0.3 is 0 Å². The number of ether oxygens (including phenoxy) is 1. The molecule has 0 spiro atoms. The zero-order chi connectivity index (χ0) is 11.6. The second-order valence-corrected chi connectivity index (χ2v) is 4.29. The molecule has 0 fully saturated rings. The largest absolute Gasteiger partial charge is 0.504 e. The lowest BCUT2D eigenvalue weighted by Crippen LogP contribution is -2.19. The molecule has 0 saturated carbocycles. The Morgan fingerprint density at radius 2 is 2.07 bits per heavy atom. The van der Waals surface area contributed by atoms with Gasteiger partial charge in [-0.15, -0.1) is 11.6 Å². The Balaban J connectivity index is 3.35. The Morgan fingerprint density at radius 1 is 1.47 bits per heavy atom. The number of halogens is 2. The predicted molar refractivity (Wildman–Crippen MR) is 58.4 cm³/mol. The molecule has 0 saturated heterocycles. The van der Waals surface area contributed by atoms with Gasteiger partial charge in [0.25, 0.3) is 0 Å². The fraction of sp³-hybridized carbons (Fsp3) is 0.455. The van der Waals surface area contributed by atoms with E-state index in [9.17, 15) is 9.50 Å². The van der Waals surface area contributed by atoms with Gasteiger partial charge in [-0.25, -0.2) is 4.39 Å². The van der Waals surface area contributed by atoms with Crippen LogP contribution < -0.4 is 4.74 Å². The second-order valence-electron chi connectivity index (χ2n) is 4.02. The average molecular weight is 233 g/mol. The number of aromatic hydroxyl groups is 1. The van der Waals surface area contributed by atoms with Crippen LogP contribution in [0.4, 0.5) is 4.39 Å². The Kier molecular flexibility index (Phi) is 3.45. The number of methoxy groups -OCH3 is 1. The maximum Gasteiger partial charge on any atom is 0.163 e. The minimum absolute atomic E-state index is 0.0513. The molecule has 1 N–H and O–H groups in total. The van der Waals surface area contributed by atoms with E-state index in [1.807, 2.05) is 13.8 Å². The summed E-state index contributed by atoms with van der Waals surface area (Å²) in [5.41, 5.74) is -0.0459. The van der Waals surface area contributed by atoms with Gasteiger partial charge in [0.1, 0.15) is 5.82 Å². The Labute approximate surface area is 93.6 Å². The smallest absolute Gasteiger partial charge is 0.163 e. The Hall–Kier alpha value is -0.960. The average Bonchev–Trinajstić information content (AvgIpc) is 2.20. The van der Waals surface area contributed by atoms with Crippen LogP contribution in [-0.4, -0.2) is 18.1 Å². The number of rotatable bonds is 3. The summed E-state index contributed by atoms with van der Waals surface area (Å²) in [4.78, 5) is 0. The van der Waals surface area contributed by atoms with Gasteiger partial charge in [-0.05, 0) is 6.07 Å². The van der Waals surface area contributed by atoms with E-state index in [0.717, 1.165) is 6.07 Å². The highest BCUT2D eigenvalue weighted by Gasteiger charge is 2.25. The van der Waals surface area contributed by atoms with Crippen molar-refractivity contribution >= 4 is 11.6 Å². The van der Waals surface area contributed by atoms with Crippen LogP contribution in [-0.2, 0) is 5.41 Å². The number of benzene rings is 1. The Bertz CT molecular complexity index is 364. The summed E-state index contributed by atoms with van der Waals surface area (Å²) in [6.07, 6.45) is 0. The van der Waals surface area contributed by atoms with Crippen molar-refractivity contribution in [1.29, 1.82) is 0 Å². The van der Waals surface area contributed by atoms with Gasteiger partial charge in [0.2, 0.25) is 0 Å². The number of alkyl halides is 1. The van der Waals surface area contributed by atoms with E-state index in [4.69, 9.17) is 16.3 Å². The third kappa shape index (κ3) is 2.34. The minimum atomic E-state index is -0.499. The molecular formula is C11H14ClFO2. The lowest BCUT2D eigenvalue weighted by molar-refractivity contribution is 0.361. The molecule has 1 aromatic rings. The summed E-state index contributed by atoms with van der Waals surface area (Å²) in [7, 11) is 1.38. The molecule has 0 bridgehead atoms. The summed E-state index contributed by atoms with van der Waals surface area (Å²) in [5.74, 6) is -0.0849. The van der Waals surface area contributed by atoms with Crippen molar-refractivity contribution in [2.24, 2.45) is 0 Å². The molecule has 0 unspecified atom stereocenters. The first-order chi connectivity index (χ1) is 6.92. The predicted octanol–water partition coefficient (Wildman–Crippen LogP) is 3.06. The molecule has 0 aliphatic heterocycles. The van der Waals surface area contributed by atoms with Crippen LogP contribution in [0.25, 0.3) is 0 Å². The van der Waals surface area contributed by atoms with Gasteiger partial charge in [-0.3, -0.25) is 0 Å². The third-order valence-corrected chi connectivity index (χ3v) is 2.99. The molecular weight excluding hydrogens is 219 g/mol. The monoisotopic (exact) mass is 232 g/mol. The molecule has 0 heterocycles. The number of hydrogen-bond acceptors (Lipinski definition) is 2. The van der Waals surface area contributed by atoms with Gasteiger partial charge in [-0.1, -0.05) is 13.8 Å². The van der Waals surface area contributed by atoms with Crippen LogP contribution >= 0.6 is 11.6 Å². The van der Waals surface area contributed by atoms with E-state index in [1.54, 1.807) is 0 Å². The van der Waals surface area contributed by atoms with Crippen molar-refractivity contribution in [3.8, 4) is 11.5 Å². The first-order valence-corrected chi connectivity index (χ1v) is 5.08. The second kappa shape index (κ2) is 4.27. The number of phenolic OH excluding ortho intramolecular Hbond substituents is 1. The maximum absolute atomic E-state index is 13.2. The summed E-state index contributed by atoms with van der Waals surface area (Å²) < 4.78 is 18.1. The van der Waals surface area contributed by atoms with E-state index in [0.29, 0.717) is 5.56 Å². The highest BCUT2D eigenvalue weighted by molar-refractivity contribution is 6.18. The fourth-order valence-corrected chi connectivity index (χ4v) is 1.46. The molecule has 1 rings (SSSR count). The first-order valence-electron chi connectivity index (χ1n) is 4.55. The highest BCUT2D eigenvalue weighted by Crippen LogP contribution is 2.38. The van der Waals surface area contributed by atoms with E-state index in [-0.39, 0.29) is 17.4 Å². The standard InChI is InChI=1S/C11H14ClFO2/c1-11(2,6-12)8-4-7(13)5-9(15-3)10(8)14/h4-5,14H,6H2,1-3H3. The van der Waals surface area contributed by atoms with Crippen molar-refractivity contribution in [1.82, 2.24) is 0 Å². The molecule has 84 valence electrons. The third-order valence-electron chi connectivity index (χ3n) is 2.32. The summed E-state index contributed by atoms with van der Waals surface area (Å²) in [6, 6.07) is 2.42. The minimum Gasteiger partial charge on any atom is -0.504 e. The fourth-order valence-electron chi connectivity index (χ4n) is 1.32. The van der Waals surface area contributed by atoms with Crippen LogP contribution in [0.5, 0.6) is 11.5 Å². The lowest BCUT2D eigenvalue weighted by atomic mass is 9.86. The molecule has 4 heteroatoms. The molecule has 0 aliphatic rings. The van der Waals surface area contributed by atoms with E-state index in [2.05, 4.69) is 0 Å². The van der Waals surface area contributed by atoms with Crippen LogP contribution in [0, 0.1) is 5.82 Å². The van der Waals surface area contributed by atoms with Crippen LogP contribution in [0.2, 0.25) is 0 Å². The lowest BCUT2D eigenvalue weighted by Gasteiger charge is -2.24. The van der Waals surface area contributed by atoms with E-state index >= 15 is 0 Å². The summed E-state index contributed by atoms with van der Waals surface area (Å²) >= 11 is 5.77.